The molecule has 1 saturated carbocycles. The molecule has 2 heteroatoms. The number of fused-ring (bicyclic) bond motifs is 1. The molecule has 0 aliphatic heterocycles. The van der Waals surface area contributed by atoms with Crippen molar-refractivity contribution < 1.29 is 0 Å². The number of hydrogen-bond donors (Lipinski definition) is 1. The lowest BCUT2D eigenvalue weighted by Gasteiger charge is -2.26. The van der Waals surface area contributed by atoms with Crippen LogP contribution in [0.25, 0.3) is 10.8 Å². The van der Waals surface area contributed by atoms with E-state index in [1.54, 1.807) is 0 Å². The van der Waals surface area contributed by atoms with Crippen molar-refractivity contribution in [1.29, 1.82) is 0 Å². The second-order valence-electron chi connectivity index (χ2n) is 5.99. The molecule has 0 amide bonds. The maximum absolute atomic E-state index is 4.31. The van der Waals surface area contributed by atoms with Crippen LogP contribution in [-0.4, -0.2) is 11.5 Å². The number of nitrogens with zero attached hydrogens (tertiary/aromatic N) is 1. The van der Waals surface area contributed by atoms with Crippen LogP contribution in [0.1, 0.15) is 44.7 Å². The zero-order valence-electron chi connectivity index (χ0n) is 11.8. The molecule has 100 valence electrons. The summed E-state index contributed by atoms with van der Waals surface area (Å²) in [4.78, 5) is 4.31. The minimum Gasteiger partial charge on any atom is -0.309 e. The van der Waals surface area contributed by atoms with Gasteiger partial charge in [-0.15, -0.1) is 0 Å². The number of aromatic nitrogens is 1. The van der Waals surface area contributed by atoms with Crippen LogP contribution < -0.4 is 5.32 Å². The summed E-state index contributed by atoms with van der Waals surface area (Å²) < 4.78 is 0. The van der Waals surface area contributed by atoms with E-state index >= 15 is 0 Å². The minimum absolute atomic E-state index is 0.430. The van der Waals surface area contributed by atoms with Gasteiger partial charge in [0, 0.05) is 23.8 Å². The van der Waals surface area contributed by atoms with Crippen molar-refractivity contribution in [3.05, 3.63) is 42.2 Å². The average molecular weight is 254 g/mol. The number of benzene rings is 1. The Morgan fingerprint density at radius 2 is 2.16 bits per heavy atom. The van der Waals surface area contributed by atoms with Gasteiger partial charge in [0.2, 0.25) is 0 Å². The highest BCUT2D eigenvalue weighted by molar-refractivity contribution is 5.85. The number of nitrogens with one attached hydrogen (secondary N) is 1. The third kappa shape index (κ3) is 2.37. The van der Waals surface area contributed by atoms with E-state index in [9.17, 15) is 0 Å². The van der Waals surface area contributed by atoms with Crippen LogP contribution in [0.4, 0.5) is 0 Å². The maximum Gasteiger partial charge on any atom is 0.0381 e. The standard InChI is InChI=1S/C17H22N2/c1-3-10-19-16(17(2)8-9-17)14-6-4-5-13-7-11-18-12-15(13)14/h4-7,11-12,16,19H,3,8-10H2,1-2H3. The van der Waals surface area contributed by atoms with Gasteiger partial charge in [-0.3, -0.25) is 4.98 Å². The van der Waals surface area contributed by atoms with E-state index in [1.807, 2.05) is 12.4 Å². The zero-order valence-corrected chi connectivity index (χ0v) is 11.8. The Hall–Kier alpha value is -1.41. The van der Waals surface area contributed by atoms with Crippen LogP contribution in [0.15, 0.2) is 36.7 Å². The summed E-state index contributed by atoms with van der Waals surface area (Å²) >= 11 is 0. The predicted molar refractivity (Wildman–Crippen MR) is 80.1 cm³/mol. The molecule has 1 atom stereocenters. The summed E-state index contributed by atoms with van der Waals surface area (Å²) in [5, 5.41) is 6.34. The Balaban J connectivity index is 2.04. The summed E-state index contributed by atoms with van der Waals surface area (Å²) in [6, 6.07) is 9.17. The van der Waals surface area contributed by atoms with Crippen LogP contribution in [-0.2, 0) is 0 Å². The number of pyridine rings is 1. The SMILES string of the molecule is CCCNC(c1cccc2ccncc12)C1(C)CC1. The lowest BCUT2D eigenvalue weighted by atomic mass is 9.89. The Morgan fingerprint density at radius 1 is 1.32 bits per heavy atom. The molecule has 1 aliphatic rings. The first kappa shape index (κ1) is 12.6. The van der Waals surface area contributed by atoms with Crippen molar-refractivity contribution in [3.63, 3.8) is 0 Å². The number of rotatable bonds is 5. The molecule has 1 unspecified atom stereocenters. The summed E-state index contributed by atoms with van der Waals surface area (Å²) in [6.07, 6.45) is 7.71. The first-order valence-corrected chi connectivity index (χ1v) is 7.30. The smallest absolute Gasteiger partial charge is 0.0381 e. The van der Waals surface area contributed by atoms with Gasteiger partial charge in [-0.1, -0.05) is 32.0 Å². The van der Waals surface area contributed by atoms with Gasteiger partial charge >= 0.3 is 0 Å². The van der Waals surface area contributed by atoms with E-state index in [2.05, 4.69) is 48.4 Å². The van der Waals surface area contributed by atoms with Gasteiger partial charge in [-0.2, -0.15) is 0 Å². The Morgan fingerprint density at radius 3 is 2.89 bits per heavy atom. The molecule has 2 nitrogen and oxygen atoms in total. The molecule has 2 aromatic rings. The molecule has 19 heavy (non-hydrogen) atoms. The third-order valence-corrected chi connectivity index (χ3v) is 4.36. The summed E-state index contributed by atoms with van der Waals surface area (Å²) in [5.41, 5.74) is 1.85. The summed E-state index contributed by atoms with van der Waals surface area (Å²) in [6.45, 7) is 5.70. The molecule has 0 bridgehead atoms. The molecular weight excluding hydrogens is 232 g/mol. The predicted octanol–water partition coefficient (Wildman–Crippen LogP) is 4.08. The highest BCUT2D eigenvalue weighted by Crippen LogP contribution is 2.55. The van der Waals surface area contributed by atoms with Gasteiger partial charge in [0.25, 0.3) is 0 Å². The fourth-order valence-electron chi connectivity index (χ4n) is 2.90. The fourth-order valence-corrected chi connectivity index (χ4v) is 2.90. The van der Waals surface area contributed by atoms with Crippen LogP contribution >= 0.6 is 0 Å². The Kier molecular flexibility index (Phi) is 3.28. The van der Waals surface area contributed by atoms with Gasteiger partial charge in [-0.25, -0.2) is 0 Å². The summed E-state index contributed by atoms with van der Waals surface area (Å²) in [5.74, 6) is 0. The Bertz CT molecular complexity index is 567. The van der Waals surface area contributed by atoms with Gasteiger partial charge in [0.1, 0.15) is 0 Å². The molecular formula is C17H22N2. The van der Waals surface area contributed by atoms with Gasteiger partial charge in [0.15, 0.2) is 0 Å². The second-order valence-corrected chi connectivity index (χ2v) is 5.99. The maximum atomic E-state index is 4.31. The van der Waals surface area contributed by atoms with E-state index in [0.717, 1.165) is 6.54 Å². The molecule has 1 aromatic heterocycles. The minimum atomic E-state index is 0.430. The molecule has 0 saturated heterocycles. The van der Waals surface area contributed by atoms with Crippen LogP contribution in [0.2, 0.25) is 0 Å². The van der Waals surface area contributed by atoms with E-state index in [1.165, 1.54) is 35.6 Å². The van der Waals surface area contributed by atoms with Gasteiger partial charge < -0.3 is 5.32 Å². The summed E-state index contributed by atoms with van der Waals surface area (Å²) in [7, 11) is 0. The highest BCUT2D eigenvalue weighted by atomic mass is 14.9. The van der Waals surface area contributed by atoms with Crippen molar-refractivity contribution in [2.45, 2.75) is 39.2 Å². The monoisotopic (exact) mass is 254 g/mol. The average Bonchev–Trinajstić information content (AvgIpc) is 3.18. The van der Waals surface area contributed by atoms with E-state index < -0.39 is 0 Å². The molecule has 1 aliphatic carbocycles. The molecule has 0 spiro atoms. The van der Waals surface area contributed by atoms with Crippen molar-refractivity contribution in [3.8, 4) is 0 Å². The normalized spacial score (nSPS) is 18.4. The molecule has 1 fully saturated rings. The molecule has 0 radical (unpaired) electrons. The third-order valence-electron chi connectivity index (χ3n) is 4.36. The molecule has 1 heterocycles. The van der Waals surface area contributed by atoms with Crippen molar-refractivity contribution in [2.24, 2.45) is 5.41 Å². The van der Waals surface area contributed by atoms with Crippen molar-refractivity contribution >= 4 is 10.8 Å². The fraction of sp³-hybridized carbons (Fsp3) is 0.471. The first-order valence-electron chi connectivity index (χ1n) is 7.30. The van der Waals surface area contributed by atoms with Crippen LogP contribution in [0.3, 0.4) is 0 Å². The van der Waals surface area contributed by atoms with Crippen LogP contribution in [0, 0.1) is 5.41 Å². The quantitative estimate of drug-likeness (QED) is 0.869. The highest BCUT2D eigenvalue weighted by Gasteiger charge is 2.45. The first-order chi connectivity index (χ1) is 9.24. The lowest BCUT2D eigenvalue weighted by Crippen LogP contribution is -2.28. The topological polar surface area (TPSA) is 24.9 Å². The van der Waals surface area contributed by atoms with Crippen molar-refractivity contribution in [1.82, 2.24) is 10.3 Å². The number of hydrogen-bond acceptors (Lipinski definition) is 2. The molecule has 3 rings (SSSR count). The Labute approximate surface area is 115 Å². The van der Waals surface area contributed by atoms with Crippen molar-refractivity contribution in [2.75, 3.05) is 6.54 Å². The molecule has 1 aromatic carbocycles. The van der Waals surface area contributed by atoms with E-state index in [4.69, 9.17) is 0 Å². The van der Waals surface area contributed by atoms with Crippen LogP contribution in [0.5, 0.6) is 0 Å². The van der Waals surface area contributed by atoms with Gasteiger partial charge in [0.05, 0.1) is 0 Å². The van der Waals surface area contributed by atoms with E-state index in [-0.39, 0.29) is 0 Å². The van der Waals surface area contributed by atoms with Gasteiger partial charge in [-0.05, 0) is 48.2 Å². The largest absolute Gasteiger partial charge is 0.309 e. The zero-order chi connectivity index (χ0) is 13.3. The second kappa shape index (κ2) is 4.93. The lowest BCUT2D eigenvalue weighted by molar-refractivity contribution is 0.369. The molecule has 1 N–H and O–H groups in total. The van der Waals surface area contributed by atoms with E-state index in [0.29, 0.717) is 11.5 Å².